The number of halogens is 9. The van der Waals surface area contributed by atoms with E-state index in [9.17, 15) is 58.7 Å². The number of carbonyl (C=O) groups is 4. The summed E-state index contributed by atoms with van der Waals surface area (Å²) in [6.45, 7) is 7.13. The molecule has 2 aromatic carbocycles. The predicted molar refractivity (Wildman–Crippen MR) is 222 cm³/mol. The molecule has 0 atom stereocenters. The number of likely N-dealkylation sites (tertiary alicyclic amines) is 3. The van der Waals surface area contributed by atoms with Gasteiger partial charge in [0.15, 0.2) is 0 Å². The van der Waals surface area contributed by atoms with E-state index in [2.05, 4.69) is 17.4 Å². The number of carbonyl (C=O) groups excluding carboxylic acids is 4. The Morgan fingerprint density at radius 3 is 1.38 bits per heavy atom. The van der Waals surface area contributed by atoms with E-state index in [1.807, 2.05) is 48.5 Å². The van der Waals surface area contributed by atoms with Crippen LogP contribution in [0, 0.1) is 0 Å². The van der Waals surface area contributed by atoms with E-state index in [4.69, 9.17) is 10.5 Å². The number of amides is 4. The molecule has 3 N–H and O–H groups in total. The van der Waals surface area contributed by atoms with Crippen molar-refractivity contribution in [1.82, 2.24) is 24.9 Å². The first-order valence-corrected chi connectivity index (χ1v) is 21.5. The normalized spacial score (nSPS) is 17.1. The molecule has 0 radical (unpaired) electrons. The lowest BCUT2D eigenvalue weighted by molar-refractivity contribution is -0.186. The number of hydrogen-bond acceptors (Lipinski definition) is 7. The number of benzene rings is 2. The zero-order valence-corrected chi connectivity index (χ0v) is 36.5. The van der Waals surface area contributed by atoms with Gasteiger partial charge in [0.05, 0.1) is 0 Å². The smallest absolute Gasteiger partial charge is 0.444 e. The molecule has 3 saturated heterocycles. The summed E-state index contributed by atoms with van der Waals surface area (Å²) in [7, 11) is 0. The van der Waals surface area contributed by atoms with Crippen molar-refractivity contribution in [3.63, 3.8) is 0 Å². The van der Waals surface area contributed by atoms with Crippen molar-refractivity contribution in [2.75, 3.05) is 52.4 Å². The quantitative estimate of drug-likeness (QED) is 0.185. The molecule has 5 rings (SSSR count). The van der Waals surface area contributed by atoms with E-state index < -0.39 is 47.9 Å². The number of nitrogens with one attached hydrogen (secondary N) is 1. The zero-order chi connectivity index (χ0) is 47.7. The number of hydrogen-bond donors (Lipinski definition) is 2. The molecule has 360 valence electrons. The van der Waals surface area contributed by atoms with E-state index >= 15 is 0 Å². The van der Waals surface area contributed by atoms with Crippen LogP contribution in [0.4, 0.5) is 44.3 Å². The molecular formula is C44H61F9N6O5. The lowest BCUT2D eigenvalue weighted by Crippen LogP contribution is -2.52. The molecule has 11 nitrogen and oxygen atoms in total. The second kappa shape index (κ2) is 24.6. The van der Waals surface area contributed by atoms with Gasteiger partial charge < -0.3 is 35.4 Å². The minimum Gasteiger partial charge on any atom is -0.444 e. The Hall–Kier alpha value is -4.59. The van der Waals surface area contributed by atoms with Gasteiger partial charge in [0.2, 0.25) is 0 Å². The molecule has 3 aliphatic heterocycles. The zero-order valence-electron chi connectivity index (χ0n) is 36.5. The Labute approximate surface area is 368 Å². The molecule has 0 spiro atoms. The summed E-state index contributed by atoms with van der Waals surface area (Å²) >= 11 is 0. The standard InChI is InChI=1S/C21H29F3N2O3.C16H21F3N2O.C7H11F3N2O/c1-20(2,3)29-19(28)26(13-7-10-16-8-5-4-6-9-16)17-11-14-25(15-12-17)18(27)21(22,23)24;17-16(18,19)15(22)21-11-8-14(9-12-21)20-10-4-7-13-5-2-1-3-6-13;8-7(9,10)6(13)12-3-1-5(11)2-4-12/h4-6,8-9,17H,7,10-15H2,1-3H3;1-3,5-6,14,20H,4,7-12H2;5H,1-4,11H2. The van der Waals surface area contributed by atoms with Crippen LogP contribution in [0.15, 0.2) is 60.7 Å². The van der Waals surface area contributed by atoms with Crippen LogP contribution in [0.5, 0.6) is 0 Å². The lowest BCUT2D eigenvalue weighted by atomic mass is 10.0. The summed E-state index contributed by atoms with van der Waals surface area (Å²) in [5.41, 5.74) is 7.26. The number of nitrogens with zero attached hydrogens (tertiary/aromatic N) is 4. The number of rotatable bonds is 10. The molecule has 0 unspecified atom stereocenters. The summed E-state index contributed by atoms with van der Waals surface area (Å²) in [5.74, 6) is -5.28. The minimum absolute atomic E-state index is 0.0268. The maximum Gasteiger partial charge on any atom is 0.471 e. The van der Waals surface area contributed by atoms with Gasteiger partial charge in [-0.3, -0.25) is 14.4 Å². The molecule has 20 heteroatoms. The third-order valence-corrected chi connectivity index (χ3v) is 10.8. The summed E-state index contributed by atoms with van der Waals surface area (Å²) in [5, 5.41) is 3.37. The molecule has 0 saturated carbocycles. The Morgan fingerprint density at radius 2 is 0.984 bits per heavy atom. The van der Waals surface area contributed by atoms with E-state index in [-0.39, 0.29) is 57.4 Å². The van der Waals surface area contributed by atoms with Gasteiger partial charge in [-0.1, -0.05) is 60.7 Å². The Kier molecular flexibility index (Phi) is 20.7. The van der Waals surface area contributed by atoms with Gasteiger partial charge in [0, 0.05) is 63.9 Å². The van der Waals surface area contributed by atoms with Gasteiger partial charge in [0.25, 0.3) is 0 Å². The minimum atomic E-state index is -4.87. The van der Waals surface area contributed by atoms with Crippen LogP contribution < -0.4 is 11.1 Å². The molecule has 0 aliphatic carbocycles. The topological polar surface area (TPSA) is 129 Å². The molecule has 0 bridgehead atoms. The fourth-order valence-electron chi connectivity index (χ4n) is 7.39. The van der Waals surface area contributed by atoms with E-state index in [1.165, 1.54) is 5.56 Å². The van der Waals surface area contributed by atoms with Crippen LogP contribution in [-0.4, -0.2) is 138 Å². The number of piperidine rings is 3. The monoisotopic (exact) mass is 924 g/mol. The van der Waals surface area contributed by atoms with Gasteiger partial charge in [-0.2, -0.15) is 39.5 Å². The van der Waals surface area contributed by atoms with Gasteiger partial charge in [0.1, 0.15) is 5.60 Å². The van der Waals surface area contributed by atoms with Crippen LogP contribution in [0.1, 0.15) is 83.3 Å². The Bertz CT molecular complexity index is 1720. The van der Waals surface area contributed by atoms with Crippen molar-refractivity contribution in [1.29, 1.82) is 0 Å². The Balaban J connectivity index is 0.000000274. The van der Waals surface area contributed by atoms with Gasteiger partial charge >= 0.3 is 42.3 Å². The highest BCUT2D eigenvalue weighted by atomic mass is 19.4. The molecule has 0 aromatic heterocycles. The first-order valence-electron chi connectivity index (χ1n) is 21.5. The van der Waals surface area contributed by atoms with Crippen LogP contribution in [0.25, 0.3) is 0 Å². The maximum absolute atomic E-state index is 12.7. The number of ether oxygens (including phenoxy) is 1. The van der Waals surface area contributed by atoms with Crippen molar-refractivity contribution >= 4 is 23.8 Å². The summed E-state index contributed by atoms with van der Waals surface area (Å²) < 4.78 is 116. The molecule has 64 heavy (non-hydrogen) atoms. The fraction of sp³-hybridized carbons (Fsp3) is 0.636. The van der Waals surface area contributed by atoms with Crippen molar-refractivity contribution in [3.8, 4) is 0 Å². The highest BCUT2D eigenvalue weighted by molar-refractivity contribution is 5.83. The molecule has 4 amide bonds. The molecule has 3 aliphatic rings. The van der Waals surface area contributed by atoms with Crippen molar-refractivity contribution in [2.45, 2.75) is 127 Å². The average Bonchev–Trinajstić information content (AvgIpc) is 3.23. The predicted octanol–water partition coefficient (Wildman–Crippen LogP) is 7.67. The SMILES string of the molecule is CC(C)(C)OC(=O)N(CCCc1ccccc1)C1CCN(C(=O)C(F)(F)F)CC1.NC1CCN(C(=O)C(F)(F)F)CC1.O=C(N1CCC(NCCCc2ccccc2)CC1)C(F)(F)F. The number of nitrogens with two attached hydrogens (primary N) is 1. The van der Waals surface area contributed by atoms with Gasteiger partial charge in [-0.25, -0.2) is 4.79 Å². The first-order chi connectivity index (χ1) is 29.8. The van der Waals surface area contributed by atoms with Crippen LogP contribution >= 0.6 is 0 Å². The molecular weight excluding hydrogens is 864 g/mol. The van der Waals surface area contributed by atoms with Crippen LogP contribution in [0.2, 0.25) is 0 Å². The van der Waals surface area contributed by atoms with Crippen LogP contribution in [-0.2, 0) is 32.0 Å². The second-order valence-corrected chi connectivity index (χ2v) is 17.0. The van der Waals surface area contributed by atoms with Crippen molar-refractivity contribution in [2.24, 2.45) is 5.73 Å². The Morgan fingerprint density at radius 1 is 0.609 bits per heavy atom. The van der Waals surface area contributed by atoms with Gasteiger partial charge in [-0.15, -0.1) is 0 Å². The number of alkyl halides is 9. The first kappa shape index (κ1) is 53.7. The highest BCUT2D eigenvalue weighted by Crippen LogP contribution is 2.26. The van der Waals surface area contributed by atoms with Gasteiger partial charge in [-0.05, 0) is 103 Å². The molecule has 2 aromatic rings. The largest absolute Gasteiger partial charge is 0.471 e. The number of aryl methyl sites for hydroxylation is 2. The summed E-state index contributed by atoms with van der Waals surface area (Å²) in [6.07, 6.45) is -8.72. The lowest BCUT2D eigenvalue weighted by Gasteiger charge is -2.39. The maximum atomic E-state index is 12.7. The average molecular weight is 925 g/mol. The summed E-state index contributed by atoms with van der Waals surface area (Å²) in [6, 6.07) is 19.9. The molecule has 3 fully saturated rings. The van der Waals surface area contributed by atoms with Crippen molar-refractivity contribution in [3.05, 3.63) is 71.8 Å². The third kappa shape index (κ3) is 19.3. The van der Waals surface area contributed by atoms with E-state index in [0.29, 0.717) is 51.5 Å². The van der Waals surface area contributed by atoms with E-state index in [1.54, 1.807) is 25.7 Å². The summed E-state index contributed by atoms with van der Waals surface area (Å²) in [4.78, 5) is 50.1. The van der Waals surface area contributed by atoms with E-state index in [0.717, 1.165) is 46.1 Å². The van der Waals surface area contributed by atoms with Crippen LogP contribution in [0.3, 0.4) is 0 Å². The fourth-order valence-corrected chi connectivity index (χ4v) is 7.39. The van der Waals surface area contributed by atoms with Crippen molar-refractivity contribution < 1.29 is 63.4 Å². The molecule has 3 heterocycles. The highest BCUT2D eigenvalue weighted by Gasteiger charge is 2.45. The second-order valence-electron chi connectivity index (χ2n) is 17.0. The third-order valence-electron chi connectivity index (χ3n) is 10.8.